The molecule has 0 atom stereocenters. The predicted molar refractivity (Wildman–Crippen MR) is 109 cm³/mol. The van der Waals surface area contributed by atoms with Crippen LogP contribution in [-0.4, -0.2) is 18.9 Å². The minimum atomic E-state index is -0.459. The lowest BCUT2D eigenvalue weighted by atomic mass is 10.1. The molecule has 0 aliphatic carbocycles. The molecule has 0 aliphatic rings. The number of ether oxygens (including phenoxy) is 2. The van der Waals surface area contributed by atoms with Crippen molar-refractivity contribution in [2.24, 2.45) is 0 Å². The lowest BCUT2D eigenvalue weighted by Gasteiger charge is -2.06. The molecule has 0 fully saturated rings. The van der Waals surface area contributed by atoms with Crippen LogP contribution >= 0.6 is 0 Å². The Labute approximate surface area is 164 Å². The molecule has 4 nitrogen and oxygen atoms in total. The number of ketones is 1. The fourth-order valence-electron chi connectivity index (χ4n) is 2.56. The summed E-state index contributed by atoms with van der Waals surface area (Å²) < 4.78 is 10.5. The summed E-state index contributed by atoms with van der Waals surface area (Å²) in [6.45, 7) is 1.98. The van der Waals surface area contributed by atoms with E-state index in [1.54, 1.807) is 67.8 Å². The van der Waals surface area contributed by atoms with Gasteiger partial charge in [-0.25, -0.2) is 4.79 Å². The molecule has 0 amide bonds. The van der Waals surface area contributed by atoms with Gasteiger partial charge in [0.2, 0.25) is 0 Å². The molecule has 0 bridgehead atoms. The number of methoxy groups -OCH3 is 1. The standard InChI is InChI=1S/C24H20O4/c1-17-6-9-19(10-7-17)23(25)15-8-18-4-3-5-22(16-18)28-24(26)20-11-13-21(27-2)14-12-20/h3-16H,1-2H3. The molecule has 3 aromatic rings. The molecular formula is C24H20O4. The zero-order valence-corrected chi connectivity index (χ0v) is 15.7. The Morgan fingerprint density at radius 2 is 1.50 bits per heavy atom. The van der Waals surface area contributed by atoms with Crippen LogP contribution in [0.4, 0.5) is 0 Å². The summed E-state index contributed by atoms with van der Waals surface area (Å²) in [6, 6.07) is 21.1. The van der Waals surface area contributed by atoms with Crippen LogP contribution in [0.25, 0.3) is 6.08 Å². The second-order valence-corrected chi connectivity index (χ2v) is 6.25. The maximum atomic E-state index is 12.3. The molecule has 4 heteroatoms. The van der Waals surface area contributed by atoms with Gasteiger partial charge in [-0.05, 0) is 55.0 Å². The van der Waals surface area contributed by atoms with E-state index in [0.717, 1.165) is 11.1 Å². The number of hydrogen-bond donors (Lipinski definition) is 0. The Balaban J connectivity index is 1.68. The summed E-state index contributed by atoms with van der Waals surface area (Å²) in [5.41, 5.74) is 2.92. The van der Waals surface area contributed by atoms with Crippen LogP contribution in [0.1, 0.15) is 31.8 Å². The highest BCUT2D eigenvalue weighted by Crippen LogP contribution is 2.18. The molecule has 0 aromatic heterocycles. The van der Waals surface area contributed by atoms with Crippen LogP contribution in [0.2, 0.25) is 0 Å². The number of benzene rings is 3. The van der Waals surface area contributed by atoms with Gasteiger partial charge >= 0.3 is 5.97 Å². The van der Waals surface area contributed by atoms with Gasteiger partial charge in [-0.1, -0.05) is 48.0 Å². The fourth-order valence-corrected chi connectivity index (χ4v) is 2.56. The fraction of sp³-hybridized carbons (Fsp3) is 0.0833. The highest BCUT2D eigenvalue weighted by atomic mass is 16.5. The van der Waals surface area contributed by atoms with Crippen molar-refractivity contribution in [3.8, 4) is 11.5 Å². The molecule has 0 spiro atoms. The maximum absolute atomic E-state index is 12.3. The lowest BCUT2D eigenvalue weighted by Crippen LogP contribution is -2.08. The van der Waals surface area contributed by atoms with E-state index < -0.39 is 5.97 Å². The summed E-state index contributed by atoms with van der Waals surface area (Å²) in [6.07, 6.45) is 3.21. The third-order valence-corrected chi connectivity index (χ3v) is 4.16. The minimum absolute atomic E-state index is 0.0827. The quantitative estimate of drug-likeness (QED) is 0.261. The van der Waals surface area contributed by atoms with Crippen molar-refractivity contribution in [3.05, 3.63) is 101 Å². The first kappa shape index (κ1) is 19.1. The van der Waals surface area contributed by atoms with Crippen molar-refractivity contribution in [2.45, 2.75) is 6.92 Å². The van der Waals surface area contributed by atoms with Crippen molar-refractivity contribution in [1.29, 1.82) is 0 Å². The first-order valence-electron chi connectivity index (χ1n) is 8.80. The van der Waals surface area contributed by atoms with E-state index in [4.69, 9.17) is 9.47 Å². The second kappa shape index (κ2) is 8.82. The second-order valence-electron chi connectivity index (χ2n) is 6.25. The predicted octanol–water partition coefficient (Wildman–Crippen LogP) is 5.12. The number of aryl methyl sites for hydroxylation is 1. The van der Waals surface area contributed by atoms with Gasteiger partial charge in [0, 0.05) is 5.56 Å². The van der Waals surface area contributed by atoms with Crippen LogP contribution in [0, 0.1) is 6.92 Å². The summed E-state index contributed by atoms with van der Waals surface area (Å²) in [7, 11) is 1.57. The molecule has 28 heavy (non-hydrogen) atoms. The number of hydrogen-bond acceptors (Lipinski definition) is 4. The molecule has 0 N–H and O–H groups in total. The summed E-state index contributed by atoms with van der Waals surface area (Å²) >= 11 is 0. The van der Waals surface area contributed by atoms with E-state index in [1.807, 2.05) is 25.1 Å². The average molecular weight is 372 g/mol. The van der Waals surface area contributed by atoms with Gasteiger partial charge < -0.3 is 9.47 Å². The highest BCUT2D eigenvalue weighted by Gasteiger charge is 2.09. The molecule has 0 heterocycles. The van der Waals surface area contributed by atoms with Gasteiger partial charge in [0.15, 0.2) is 5.78 Å². The molecule has 0 unspecified atom stereocenters. The molecule has 0 saturated carbocycles. The smallest absolute Gasteiger partial charge is 0.343 e. The van der Waals surface area contributed by atoms with E-state index in [0.29, 0.717) is 22.6 Å². The lowest BCUT2D eigenvalue weighted by molar-refractivity contribution is 0.0734. The van der Waals surface area contributed by atoms with Crippen molar-refractivity contribution < 1.29 is 19.1 Å². The molecule has 0 aliphatic heterocycles. The normalized spacial score (nSPS) is 10.6. The number of esters is 1. The summed E-state index contributed by atoms with van der Waals surface area (Å²) in [5, 5.41) is 0. The Hall–Kier alpha value is -3.66. The Morgan fingerprint density at radius 3 is 2.18 bits per heavy atom. The highest BCUT2D eigenvalue weighted by molar-refractivity contribution is 6.06. The zero-order chi connectivity index (χ0) is 19.9. The average Bonchev–Trinajstić information content (AvgIpc) is 2.73. The monoisotopic (exact) mass is 372 g/mol. The van der Waals surface area contributed by atoms with E-state index >= 15 is 0 Å². The van der Waals surface area contributed by atoms with E-state index in [2.05, 4.69) is 0 Å². The van der Waals surface area contributed by atoms with Crippen molar-refractivity contribution in [2.75, 3.05) is 7.11 Å². The number of carbonyl (C=O) groups excluding carboxylic acids is 2. The van der Waals surface area contributed by atoms with E-state index in [1.165, 1.54) is 6.08 Å². The topological polar surface area (TPSA) is 52.6 Å². The minimum Gasteiger partial charge on any atom is -0.497 e. The van der Waals surface area contributed by atoms with Gasteiger partial charge in [0.05, 0.1) is 12.7 Å². The summed E-state index contributed by atoms with van der Waals surface area (Å²) in [4.78, 5) is 24.5. The van der Waals surface area contributed by atoms with Crippen LogP contribution in [0.15, 0.2) is 78.9 Å². The van der Waals surface area contributed by atoms with Crippen LogP contribution in [0.5, 0.6) is 11.5 Å². The van der Waals surface area contributed by atoms with Crippen LogP contribution < -0.4 is 9.47 Å². The SMILES string of the molecule is COc1ccc(C(=O)Oc2cccc(C=CC(=O)c3ccc(C)cc3)c2)cc1. The summed E-state index contributed by atoms with van der Waals surface area (Å²) in [5.74, 6) is 0.535. The molecular weight excluding hydrogens is 352 g/mol. The van der Waals surface area contributed by atoms with Crippen molar-refractivity contribution >= 4 is 17.8 Å². The Bertz CT molecular complexity index is 1000. The largest absolute Gasteiger partial charge is 0.497 e. The zero-order valence-electron chi connectivity index (χ0n) is 15.7. The number of carbonyl (C=O) groups is 2. The van der Waals surface area contributed by atoms with Gasteiger partial charge in [-0.3, -0.25) is 4.79 Å². The molecule has 0 saturated heterocycles. The molecule has 140 valence electrons. The molecule has 3 aromatic carbocycles. The van der Waals surface area contributed by atoms with Crippen molar-refractivity contribution in [3.63, 3.8) is 0 Å². The van der Waals surface area contributed by atoms with Crippen LogP contribution in [0.3, 0.4) is 0 Å². The number of rotatable bonds is 6. The van der Waals surface area contributed by atoms with Gasteiger partial charge in [-0.15, -0.1) is 0 Å². The van der Waals surface area contributed by atoms with Gasteiger partial charge in [0.1, 0.15) is 11.5 Å². The molecule has 3 rings (SSSR count). The van der Waals surface area contributed by atoms with E-state index in [-0.39, 0.29) is 5.78 Å². The third-order valence-electron chi connectivity index (χ3n) is 4.16. The van der Waals surface area contributed by atoms with Gasteiger partial charge in [-0.2, -0.15) is 0 Å². The molecule has 0 radical (unpaired) electrons. The first-order valence-corrected chi connectivity index (χ1v) is 8.80. The number of allylic oxidation sites excluding steroid dienone is 1. The van der Waals surface area contributed by atoms with E-state index in [9.17, 15) is 9.59 Å². The third kappa shape index (κ3) is 4.95. The Morgan fingerprint density at radius 1 is 0.821 bits per heavy atom. The first-order chi connectivity index (χ1) is 13.5. The van der Waals surface area contributed by atoms with Gasteiger partial charge in [0.25, 0.3) is 0 Å². The Kier molecular flexibility index (Phi) is 6.02. The maximum Gasteiger partial charge on any atom is 0.343 e. The van der Waals surface area contributed by atoms with Crippen molar-refractivity contribution in [1.82, 2.24) is 0 Å². The van der Waals surface area contributed by atoms with Crippen LogP contribution in [-0.2, 0) is 0 Å².